The number of primary amides is 1. The van der Waals surface area contributed by atoms with E-state index >= 15 is 0 Å². The summed E-state index contributed by atoms with van der Waals surface area (Å²) < 4.78 is 1.90. The fraction of sp³-hybridized carbons (Fsp3) is 0.500. The molecule has 2 N–H and O–H groups in total. The molecule has 0 fully saturated rings. The number of aryl methyl sites for hydroxylation is 1. The summed E-state index contributed by atoms with van der Waals surface area (Å²) in [6.45, 7) is 3.68. The Morgan fingerprint density at radius 3 is 2.81 bits per heavy atom. The first-order valence-corrected chi connectivity index (χ1v) is 5.55. The standard InChI is InChI=1S/C12H16N2O2/c1-7-6-9-10(4-3-5-11(9)15)14(7)8(2)12(13)16/h6,8H,3-5H2,1-2H3,(H2,13,16). The molecule has 1 heterocycles. The fourth-order valence-corrected chi connectivity index (χ4v) is 2.42. The van der Waals surface area contributed by atoms with Crippen LogP contribution in [-0.2, 0) is 11.2 Å². The zero-order valence-corrected chi connectivity index (χ0v) is 9.62. The number of rotatable bonds is 2. The lowest BCUT2D eigenvalue weighted by molar-refractivity contribution is -0.120. The molecule has 16 heavy (non-hydrogen) atoms. The van der Waals surface area contributed by atoms with Crippen molar-refractivity contribution in [2.75, 3.05) is 0 Å². The van der Waals surface area contributed by atoms with Crippen LogP contribution in [0.25, 0.3) is 0 Å². The van der Waals surface area contributed by atoms with Gasteiger partial charge < -0.3 is 10.3 Å². The zero-order chi connectivity index (χ0) is 11.9. The first-order valence-electron chi connectivity index (χ1n) is 5.55. The molecule has 0 aromatic carbocycles. The third-order valence-corrected chi connectivity index (χ3v) is 3.25. The maximum Gasteiger partial charge on any atom is 0.240 e. The highest BCUT2D eigenvalue weighted by atomic mass is 16.1. The quantitative estimate of drug-likeness (QED) is 0.817. The van der Waals surface area contributed by atoms with E-state index in [0.29, 0.717) is 6.42 Å². The molecule has 86 valence electrons. The minimum Gasteiger partial charge on any atom is -0.368 e. The molecule has 0 radical (unpaired) electrons. The second-order valence-electron chi connectivity index (χ2n) is 4.37. The van der Waals surface area contributed by atoms with Crippen molar-refractivity contribution in [3.8, 4) is 0 Å². The minimum absolute atomic E-state index is 0.180. The Balaban J connectivity index is 2.54. The number of carbonyl (C=O) groups excluding carboxylic acids is 2. The van der Waals surface area contributed by atoms with Crippen LogP contribution >= 0.6 is 0 Å². The van der Waals surface area contributed by atoms with Crippen LogP contribution < -0.4 is 5.73 Å². The van der Waals surface area contributed by atoms with Crippen LogP contribution in [-0.4, -0.2) is 16.3 Å². The molecule has 0 bridgehead atoms. The fourth-order valence-electron chi connectivity index (χ4n) is 2.42. The molecular weight excluding hydrogens is 204 g/mol. The van der Waals surface area contributed by atoms with Crippen molar-refractivity contribution in [1.82, 2.24) is 4.57 Å². The number of fused-ring (bicyclic) bond motifs is 1. The highest BCUT2D eigenvalue weighted by Crippen LogP contribution is 2.27. The Hall–Kier alpha value is -1.58. The smallest absolute Gasteiger partial charge is 0.240 e. The Kier molecular flexibility index (Phi) is 2.58. The molecule has 4 nitrogen and oxygen atoms in total. The summed E-state index contributed by atoms with van der Waals surface area (Å²) in [5.74, 6) is -0.181. The number of nitrogens with zero attached hydrogens (tertiary/aromatic N) is 1. The summed E-state index contributed by atoms with van der Waals surface area (Å²) in [6, 6.07) is 1.49. The average molecular weight is 220 g/mol. The lowest BCUT2D eigenvalue weighted by Gasteiger charge is -2.19. The number of hydrogen-bond donors (Lipinski definition) is 1. The Labute approximate surface area is 94.4 Å². The summed E-state index contributed by atoms with van der Waals surface area (Å²) in [5.41, 5.74) is 8.00. The number of nitrogens with two attached hydrogens (primary N) is 1. The average Bonchev–Trinajstić information content (AvgIpc) is 2.55. The monoisotopic (exact) mass is 220 g/mol. The predicted octanol–water partition coefficient (Wildman–Crippen LogP) is 1.36. The lowest BCUT2D eigenvalue weighted by atomic mass is 9.96. The SMILES string of the molecule is Cc1cc2c(n1C(C)C(N)=O)CCCC2=O. The van der Waals surface area contributed by atoms with Crippen LogP contribution in [0.1, 0.15) is 47.6 Å². The number of carbonyl (C=O) groups is 2. The number of hydrogen-bond acceptors (Lipinski definition) is 2. The zero-order valence-electron chi connectivity index (χ0n) is 9.62. The summed E-state index contributed by atoms with van der Waals surface area (Å²) >= 11 is 0. The lowest BCUT2D eigenvalue weighted by Crippen LogP contribution is -2.27. The Morgan fingerprint density at radius 2 is 2.19 bits per heavy atom. The molecule has 1 amide bonds. The van der Waals surface area contributed by atoms with Gasteiger partial charge in [-0.3, -0.25) is 9.59 Å². The van der Waals surface area contributed by atoms with Gasteiger partial charge in [0.2, 0.25) is 5.91 Å². The largest absolute Gasteiger partial charge is 0.368 e. The molecule has 1 aromatic heterocycles. The summed E-state index contributed by atoms with van der Waals surface area (Å²) in [4.78, 5) is 22.9. The van der Waals surface area contributed by atoms with E-state index in [1.165, 1.54) is 0 Å². The topological polar surface area (TPSA) is 65.1 Å². The molecule has 0 saturated carbocycles. The highest BCUT2D eigenvalue weighted by Gasteiger charge is 2.25. The van der Waals surface area contributed by atoms with E-state index in [0.717, 1.165) is 29.8 Å². The molecule has 1 aliphatic carbocycles. The van der Waals surface area contributed by atoms with Gasteiger partial charge in [0.05, 0.1) is 0 Å². The molecule has 2 rings (SSSR count). The summed E-state index contributed by atoms with van der Waals surface area (Å²) in [6.07, 6.45) is 2.33. The third kappa shape index (κ3) is 1.54. The van der Waals surface area contributed by atoms with Gasteiger partial charge in [0, 0.05) is 23.4 Å². The molecule has 1 atom stereocenters. The van der Waals surface area contributed by atoms with Gasteiger partial charge in [-0.1, -0.05) is 0 Å². The molecule has 1 unspecified atom stereocenters. The molecule has 1 aliphatic rings. The van der Waals surface area contributed by atoms with Gasteiger partial charge in [0.1, 0.15) is 6.04 Å². The van der Waals surface area contributed by atoms with Crippen molar-refractivity contribution < 1.29 is 9.59 Å². The van der Waals surface area contributed by atoms with Gasteiger partial charge in [-0.2, -0.15) is 0 Å². The van der Waals surface area contributed by atoms with Crippen molar-refractivity contribution in [3.63, 3.8) is 0 Å². The van der Waals surface area contributed by atoms with E-state index in [1.807, 2.05) is 17.6 Å². The van der Waals surface area contributed by atoms with Crippen LogP contribution in [0.2, 0.25) is 0 Å². The molecular formula is C12H16N2O2. The maximum absolute atomic E-state index is 11.7. The predicted molar refractivity (Wildman–Crippen MR) is 60.3 cm³/mol. The number of aromatic nitrogens is 1. The normalized spacial score (nSPS) is 17.0. The van der Waals surface area contributed by atoms with Crippen LogP contribution in [0.3, 0.4) is 0 Å². The van der Waals surface area contributed by atoms with Crippen LogP contribution in [0.15, 0.2) is 6.07 Å². The second-order valence-corrected chi connectivity index (χ2v) is 4.37. The highest BCUT2D eigenvalue weighted by molar-refractivity contribution is 5.98. The molecule has 0 saturated heterocycles. The van der Waals surface area contributed by atoms with Gasteiger partial charge in [-0.25, -0.2) is 0 Å². The van der Waals surface area contributed by atoms with Crippen molar-refractivity contribution >= 4 is 11.7 Å². The van der Waals surface area contributed by atoms with E-state index in [4.69, 9.17) is 5.73 Å². The molecule has 0 spiro atoms. The van der Waals surface area contributed by atoms with Gasteiger partial charge in [-0.05, 0) is 32.8 Å². The van der Waals surface area contributed by atoms with E-state index in [1.54, 1.807) is 6.92 Å². The summed E-state index contributed by atoms with van der Waals surface area (Å²) in [7, 11) is 0. The van der Waals surface area contributed by atoms with Crippen LogP contribution in [0.4, 0.5) is 0 Å². The van der Waals surface area contributed by atoms with Gasteiger partial charge in [-0.15, -0.1) is 0 Å². The molecule has 0 aliphatic heterocycles. The summed E-state index contributed by atoms with van der Waals surface area (Å²) in [5, 5.41) is 0. The van der Waals surface area contributed by atoms with Crippen molar-refractivity contribution in [3.05, 3.63) is 23.0 Å². The Morgan fingerprint density at radius 1 is 1.50 bits per heavy atom. The van der Waals surface area contributed by atoms with E-state index in [2.05, 4.69) is 0 Å². The van der Waals surface area contributed by atoms with Crippen LogP contribution in [0, 0.1) is 6.92 Å². The van der Waals surface area contributed by atoms with E-state index in [9.17, 15) is 9.59 Å². The first kappa shape index (κ1) is 10.9. The third-order valence-electron chi connectivity index (χ3n) is 3.25. The second kappa shape index (κ2) is 3.77. The van der Waals surface area contributed by atoms with Gasteiger partial charge in [0.15, 0.2) is 5.78 Å². The van der Waals surface area contributed by atoms with E-state index in [-0.39, 0.29) is 17.7 Å². The number of amides is 1. The number of Topliss-reactive ketones (excluding diaryl/α,β-unsaturated/α-hetero) is 1. The molecule has 1 aromatic rings. The Bertz CT molecular complexity index is 460. The maximum atomic E-state index is 11.7. The van der Waals surface area contributed by atoms with E-state index < -0.39 is 0 Å². The number of ketones is 1. The minimum atomic E-state index is -0.380. The van der Waals surface area contributed by atoms with Crippen molar-refractivity contribution in [1.29, 1.82) is 0 Å². The first-order chi connectivity index (χ1) is 7.52. The van der Waals surface area contributed by atoms with Crippen molar-refractivity contribution in [2.24, 2.45) is 5.73 Å². The molecule has 4 heteroatoms. The van der Waals surface area contributed by atoms with Gasteiger partial charge >= 0.3 is 0 Å². The van der Waals surface area contributed by atoms with Gasteiger partial charge in [0.25, 0.3) is 0 Å². The van der Waals surface area contributed by atoms with Crippen LogP contribution in [0.5, 0.6) is 0 Å². The van der Waals surface area contributed by atoms with Crippen molar-refractivity contribution in [2.45, 2.75) is 39.2 Å².